The number of hydrogen-bond acceptors (Lipinski definition) is 4. The Hall–Kier alpha value is -1.90. The molecule has 0 aliphatic carbocycles. The summed E-state index contributed by atoms with van der Waals surface area (Å²) in [6.07, 6.45) is 1.28. The van der Waals surface area contributed by atoms with Gasteiger partial charge in [0, 0.05) is 26.4 Å². The van der Waals surface area contributed by atoms with Crippen LogP contribution in [0.3, 0.4) is 0 Å². The molecule has 0 saturated heterocycles. The standard InChI is InChI=1S/C13H13Cl2N3O4S/c1-16-13(20)11-3-7(6-18(11)2)23(21,22)17-10-4-8(14)9(15)5-12(10)19/h3-6,17,19H,1-2H3,(H,16,20). The van der Waals surface area contributed by atoms with Crippen molar-refractivity contribution in [3.05, 3.63) is 40.1 Å². The van der Waals surface area contributed by atoms with Gasteiger partial charge in [0.1, 0.15) is 16.3 Å². The average molecular weight is 378 g/mol. The second kappa shape index (κ2) is 6.31. The number of amides is 1. The first-order chi connectivity index (χ1) is 10.7. The van der Waals surface area contributed by atoms with Gasteiger partial charge in [-0.1, -0.05) is 23.2 Å². The number of aryl methyl sites for hydroxylation is 1. The van der Waals surface area contributed by atoms with E-state index >= 15 is 0 Å². The molecular weight excluding hydrogens is 365 g/mol. The van der Waals surface area contributed by atoms with Gasteiger partial charge in [-0.15, -0.1) is 0 Å². The fourth-order valence-electron chi connectivity index (χ4n) is 1.86. The van der Waals surface area contributed by atoms with Crippen molar-refractivity contribution in [2.75, 3.05) is 11.8 Å². The van der Waals surface area contributed by atoms with E-state index < -0.39 is 15.9 Å². The number of halogens is 2. The van der Waals surface area contributed by atoms with Crippen LogP contribution in [0.1, 0.15) is 10.5 Å². The number of carbonyl (C=O) groups excluding carboxylic acids is 1. The van der Waals surface area contributed by atoms with Crippen LogP contribution < -0.4 is 10.0 Å². The SMILES string of the molecule is CNC(=O)c1cc(S(=O)(=O)Nc2cc(Cl)c(Cl)cc2O)cn1C. The van der Waals surface area contributed by atoms with Crippen LogP contribution in [0.4, 0.5) is 5.69 Å². The van der Waals surface area contributed by atoms with Crippen LogP contribution in [0, 0.1) is 0 Å². The minimum absolute atomic E-state index is 0.0845. The highest BCUT2D eigenvalue weighted by molar-refractivity contribution is 7.92. The summed E-state index contributed by atoms with van der Waals surface area (Å²) < 4.78 is 28.3. The number of nitrogens with zero attached hydrogens (tertiary/aromatic N) is 1. The number of aromatic hydroxyl groups is 1. The Bertz CT molecular complexity index is 878. The molecule has 10 heteroatoms. The number of sulfonamides is 1. The van der Waals surface area contributed by atoms with Crippen molar-refractivity contribution in [3.63, 3.8) is 0 Å². The maximum absolute atomic E-state index is 12.4. The summed E-state index contributed by atoms with van der Waals surface area (Å²) in [7, 11) is -1.04. The molecule has 2 aromatic rings. The molecule has 2 rings (SSSR count). The Labute approximate surface area is 142 Å². The number of benzene rings is 1. The predicted molar refractivity (Wildman–Crippen MR) is 87.7 cm³/mol. The van der Waals surface area contributed by atoms with Crippen molar-refractivity contribution >= 4 is 44.8 Å². The Morgan fingerprint density at radius 3 is 2.43 bits per heavy atom. The Balaban J connectivity index is 2.40. The molecular formula is C13H13Cl2N3O4S. The van der Waals surface area contributed by atoms with Gasteiger partial charge >= 0.3 is 0 Å². The van der Waals surface area contributed by atoms with Crippen LogP contribution in [0.25, 0.3) is 0 Å². The molecule has 124 valence electrons. The molecule has 0 atom stereocenters. The predicted octanol–water partition coefficient (Wildman–Crippen LogP) is 2.20. The second-order valence-corrected chi connectivity index (χ2v) is 7.14. The van der Waals surface area contributed by atoms with E-state index in [1.54, 1.807) is 7.05 Å². The molecule has 0 bridgehead atoms. The maximum Gasteiger partial charge on any atom is 0.267 e. The quantitative estimate of drug-likeness (QED) is 0.710. The summed E-state index contributed by atoms with van der Waals surface area (Å²) in [6.45, 7) is 0. The van der Waals surface area contributed by atoms with Gasteiger partial charge in [-0.25, -0.2) is 8.42 Å². The van der Waals surface area contributed by atoms with E-state index in [4.69, 9.17) is 23.2 Å². The van der Waals surface area contributed by atoms with Crippen LogP contribution in [0.5, 0.6) is 5.75 Å². The highest BCUT2D eigenvalue weighted by Gasteiger charge is 2.21. The van der Waals surface area contributed by atoms with Crippen LogP contribution in [-0.4, -0.2) is 31.0 Å². The van der Waals surface area contributed by atoms with E-state index in [9.17, 15) is 18.3 Å². The van der Waals surface area contributed by atoms with Crippen molar-refractivity contribution in [2.45, 2.75) is 4.90 Å². The molecule has 0 saturated carbocycles. The first kappa shape index (κ1) is 17.5. The van der Waals surface area contributed by atoms with Crippen LogP contribution in [0.15, 0.2) is 29.3 Å². The van der Waals surface area contributed by atoms with E-state index in [2.05, 4.69) is 10.0 Å². The topological polar surface area (TPSA) is 100 Å². The second-order valence-electron chi connectivity index (χ2n) is 4.64. The maximum atomic E-state index is 12.4. The van der Waals surface area contributed by atoms with Crippen molar-refractivity contribution in [2.24, 2.45) is 7.05 Å². The summed E-state index contributed by atoms with van der Waals surface area (Å²) in [5, 5.41) is 12.4. The van der Waals surface area contributed by atoms with Gasteiger partial charge in [0.25, 0.3) is 15.9 Å². The average Bonchev–Trinajstić information content (AvgIpc) is 2.86. The summed E-state index contributed by atoms with van der Waals surface area (Å²) in [6, 6.07) is 3.54. The monoisotopic (exact) mass is 377 g/mol. The smallest absolute Gasteiger partial charge is 0.267 e. The zero-order chi connectivity index (χ0) is 17.4. The van der Waals surface area contributed by atoms with Gasteiger partial charge in [0.2, 0.25) is 0 Å². The normalized spacial score (nSPS) is 11.3. The molecule has 23 heavy (non-hydrogen) atoms. The number of rotatable bonds is 4. The highest BCUT2D eigenvalue weighted by atomic mass is 35.5. The third-order valence-corrected chi connectivity index (χ3v) is 5.09. The Morgan fingerprint density at radius 1 is 1.22 bits per heavy atom. The number of aromatic nitrogens is 1. The van der Waals surface area contributed by atoms with Crippen LogP contribution >= 0.6 is 23.2 Å². The molecule has 0 aliphatic rings. The number of phenolic OH excluding ortho intramolecular Hbond substituents is 1. The van der Waals surface area contributed by atoms with Gasteiger partial charge in [-0.3, -0.25) is 9.52 Å². The summed E-state index contributed by atoms with van der Waals surface area (Å²) in [5.41, 5.74) is 0.0518. The fourth-order valence-corrected chi connectivity index (χ4v) is 3.31. The molecule has 1 aromatic heterocycles. The van der Waals surface area contributed by atoms with Gasteiger partial charge in [-0.05, 0) is 12.1 Å². The van der Waals surface area contributed by atoms with Crippen molar-refractivity contribution in [1.29, 1.82) is 0 Å². The fraction of sp³-hybridized carbons (Fsp3) is 0.154. The van der Waals surface area contributed by atoms with E-state index in [1.807, 2.05) is 0 Å². The number of carbonyl (C=O) groups is 1. The number of hydrogen-bond donors (Lipinski definition) is 3. The first-order valence-corrected chi connectivity index (χ1v) is 8.49. The van der Waals surface area contributed by atoms with Crippen molar-refractivity contribution in [1.82, 2.24) is 9.88 Å². The number of nitrogens with one attached hydrogen (secondary N) is 2. The van der Waals surface area contributed by atoms with Gasteiger partial charge < -0.3 is 15.0 Å². The lowest BCUT2D eigenvalue weighted by molar-refractivity contribution is 0.0955. The highest BCUT2D eigenvalue weighted by Crippen LogP contribution is 2.34. The number of phenols is 1. The van der Waals surface area contributed by atoms with Crippen LogP contribution in [0.2, 0.25) is 10.0 Å². The molecule has 0 fully saturated rings. The molecule has 0 unspecified atom stereocenters. The third kappa shape index (κ3) is 3.54. The lowest BCUT2D eigenvalue weighted by atomic mass is 10.3. The molecule has 1 heterocycles. The van der Waals surface area contributed by atoms with E-state index in [0.29, 0.717) is 0 Å². The van der Waals surface area contributed by atoms with E-state index in [1.165, 1.54) is 29.9 Å². The Morgan fingerprint density at radius 2 is 1.83 bits per heavy atom. The molecule has 1 aromatic carbocycles. The number of anilines is 1. The summed E-state index contributed by atoms with van der Waals surface area (Å²) in [4.78, 5) is 11.5. The van der Waals surface area contributed by atoms with Gasteiger partial charge in [0.15, 0.2) is 0 Å². The van der Waals surface area contributed by atoms with E-state index in [0.717, 1.165) is 6.07 Å². The van der Waals surface area contributed by atoms with Crippen molar-refractivity contribution < 1.29 is 18.3 Å². The zero-order valence-electron chi connectivity index (χ0n) is 12.1. The summed E-state index contributed by atoms with van der Waals surface area (Å²) >= 11 is 11.5. The van der Waals surface area contributed by atoms with Crippen molar-refractivity contribution in [3.8, 4) is 5.75 Å². The molecule has 0 aliphatic heterocycles. The molecule has 7 nitrogen and oxygen atoms in total. The Kier molecular flexibility index (Phi) is 4.79. The molecule has 1 amide bonds. The summed E-state index contributed by atoms with van der Waals surface area (Å²) in [5.74, 6) is -0.795. The molecule has 0 spiro atoms. The lowest BCUT2D eigenvalue weighted by Crippen LogP contribution is -2.20. The minimum atomic E-state index is -4.02. The largest absolute Gasteiger partial charge is 0.506 e. The molecule has 0 radical (unpaired) electrons. The first-order valence-electron chi connectivity index (χ1n) is 6.25. The van der Waals surface area contributed by atoms with Gasteiger partial charge in [-0.2, -0.15) is 0 Å². The molecule has 3 N–H and O–H groups in total. The van der Waals surface area contributed by atoms with Crippen LogP contribution in [-0.2, 0) is 17.1 Å². The van der Waals surface area contributed by atoms with E-state index in [-0.39, 0.29) is 32.1 Å². The van der Waals surface area contributed by atoms with Gasteiger partial charge in [0.05, 0.1) is 15.7 Å². The minimum Gasteiger partial charge on any atom is -0.506 e. The lowest BCUT2D eigenvalue weighted by Gasteiger charge is -2.09. The third-order valence-electron chi connectivity index (χ3n) is 3.03. The zero-order valence-corrected chi connectivity index (χ0v) is 14.4.